The number of hydrogen-bond donors (Lipinski definition) is 0. The lowest BCUT2D eigenvalue weighted by Gasteiger charge is -1.98. The van der Waals surface area contributed by atoms with Crippen LogP contribution in [-0.4, -0.2) is 4.98 Å². The molecule has 0 unspecified atom stereocenters. The zero-order valence-corrected chi connectivity index (χ0v) is 10.1. The molecule has 80 valence electrons. The molecule has 1 heterocycles. The van der Waals surface area contributed by atoms with Crippen LogP contribution < -0.4 is 0 Å². The third kappa shape index (κ3) is 1.98. The summed E-state index contributed by atoms with van der Waals surface area (Å²) in [5.41, 5.74) is 2.84. The first-order valence-corrected chi connectivity index (χ1v) is 6.03. The molecular formula is C13H12N2S. The monoisotopic (exact) mass is 228 g/mol. The second-order valence-corrected chi connectivity index (χ2v) is 4.65. The molecule has 0 aliphatic heterocycles. The van der Waals surface area contributed by atoms with E-state index >= 15 is 0 Å². The van der Waals surface area contributed by atoms with E-state index in [1.165, 1.54) is 4.88 Å². The Kier molecular flexibility index (Phi) is 3.02. The Bertz CT molecular complexity index is 549. The SMILES string of the molecule is CCc1nc(C)c(-c2cccc(C#N)c2)s1. The van der Waals surface area contributed by atoms with Gasteiger partial charge in [0.15, 0.2) is 0 Å². The van der Waals surface area contributed by atoms with E-state index in [-0.39, 0.29) is 0 Å². The van der Waals surface area contributed by atoms with E-state index in [0.29, 0.717) is 5.56 Å². The molecule has 2 nitrogen and oxygen atoms in total. The predicted octanol–water partition coefficient (Wildman–Crippen LogP) is 3.55. The normalized spacial score (nSPS) is 10.1. The van der Waals surface area contributed by atoms with E-state index in [1.54, 1.807) is 11.3 Å². The zero-order valence-electron chi connectivity index (χ0n) is 9.32. The summed E-state index contributed by atoms with van der Waals surface area (Å²) in [6.07, 6.45) is 0.962. The molecule has 3 heteroatoms. The van der Waals surface area contributed by atoms with Gasteiger partial charge in [-0.1, -0.05) is 19.1 Å². The van der Waals surface area contributed by atoms with Crippen molar-refractivity contribution in [1.29, 1.82) is 5.26 Å². The van der Waals surface area contributed by atoms with Crippen molar-refractivity contribution in [1.82, 2.24) is 4.98 Å². The number of aryl methyl sites for hydroxylation is 2. The average molecular weight is 228 g/mol. The quantitative estimate of drug-likeness (QED) is 0.788. The number of aromatic nitrogens is 1. The van der Waals surface area contributed by atoms with Crippen LogP contribution in [0.25, 0.3) is 10.4 Å². The lowest BCUT2D eigenvalue weighted by molar-refractivity contribution is 1.07. The molecule has 0 saturated carbocycles. The largest absolute Gasteiger partial charge is 0.246 e. The molecule has 0 radical (unpaired) electrons. The van der Waals surface area contributed by atoms with E-state index in [4.69, 9.17) is 5.26 Å². The van der Waals surface area contributed by atoms with E-state index in [9.17, 15) is 0 Å². The number of nitrogens with zero attached hydrogens (tertiary/aromatic N) is 2. The standard InChI is InChI=1S/C13H12N2S/c1-3-12-15-9(2)13(16-12)11-6-4-5-10(7-11)8-14/h4-7H,3H2,1-2H3. The first-order chi connectivity index (χ1) is 7.74. The van der Waals surface area contributed by atoms with Crippen molar-refractivity contribution in [3.8, 4) is 16.5 Å². The minimum atomic E-state index is 0.698. The van der Waals surface area contributed by atoms with Crippen LogP contribution in [0.15, 0.2) is 24.3 Å². The van der Waals surface area contributed by atoms with Crippen LogP contribution in [0, 0.1) is 18.3 Å². The second kappa shape index (κ2) is 4.46. The summed E-state index contributed by atoms with van der Waals surface area (Å²) >= 11 is 1.71. The zero-order chi connectivity index (χ0) is 11.5. The number of nitriles is 1. The van der Waals surface area contributed by atoms with Crippen molar-refractivity contribution in [2.45, 2.75) is 20.3 Å². The highest BCUT2D eigenvalue weighted by Gasteiger charge is 2.08. The van der Waals surface area contributed by atoms with Gasteiger partial charge in [0, 0.05) is 0 Å². The molecule has 0 fully saturated rings. The Morgan fingerprint density at radius 1 is 1.44 bits per heavy atom. The van der Waals surface area contributed by atoms with E-state index in [2.05, 4.69) is 18.0 Å². The van der Waals surface area contributed by atoms with Crippen LogP contribution in [0.4, 0.5) is 0 Å². The molecule has 1 aromatic heterocycles. The van der Waals surface area contributed by atoms with Crippen molar-refractivity contribution in [3.63, 3.8) is 0 Å². The maximum Gasteiger partial charge on any atom is 0.0991 e. The van der Waals surface area contributed by atoms with Gasteiger partial charge in [-0.25, -0.2) is 4.98 Å². The first kappa shape index (κ1) is 10.8. The topological polar surface area (TPSA) is 36.7 Å². The molecule has 1 aromatic carbocycles. The smallest absolute Gasteiger partial charge is 0.0991 e. The van der Waals surface area contributed by atoms with Gasteiger partial charge in [0.05, 0.1) is 27.2 Å². The fraction of sp³-hybridized carbons (Fsp3) is 0.231. The van der Waals surface area contributed by atoms with Gasteiger partial charge in [-0.3, -0.25) is 0 Å². The molecule has 0 aliphatic rings. The van der Waals surface area contributed by atoms with Gasteiger partial charge in [0.2, 0.25) is 0 Å². The highest BCUT2D eigenvalue weighted by atomic mass is 32.1. The molecule has 0 N–H and O–H groups in total. The maximum atomic E-state index is 8.87. The predicted molar refractivity (Wildman–Crippen MR) is 66.4 cm³/mol. The van der Waals surface area contributed by atoms with E-state index in [1.807, 2.05) is 31.2 Å². The van der Waals surface area contributed by atoms with Crippen molar-refractivity contribution in [3.05, 3.63) is 40.5 Å². The van der Waals surface area contributed by atoms with E-state index < -0.39 is 0 Å². The van der Waals surface area contributed by atoms with Gasteiger partial charge >= 0.3 is 0 Å². The van der Waals surface area contributed by atoms with Crippen LogP contribution in [0.2, 0.25) is 0 Å². The van der Waals surface area contributed by atoms with Crippen molar-refractivity contribution >= 4 is 11.3 Å². The van der Waals surface area contributed by atoms with Gasteiger partial charge < -0.3 is 0 Å². The summed E-state index contributed by atoms with van der Waals surface area (Å²) in [5.74, 6) is 0. The molecule has 0 atom stereocenters. The Balaban J connectivity index is 2.50. The van der Waals surface area contributed by atoms with Gasteiger partial charge in [-0.05, 0) is 31.0 Å². The molecule has 16 heavy (non-hydrogen) atoms. The maximum absolute atomic E-state index is 8.87. The second-order valence-electron chi connectivity index (χ2n) is 3.57. The Hall–Kier alpha value is -1.66. The fourth-order valence-electron chi connectivity index (χ4n) is 1.60. The number of benzene rings is 1. The molecule has 0 spiro atoms. The van der Waals surface area contributed by atoms with Gasteiger partial charge in [-0.2, -0.15) is 5.26 Å². The summed E-state index contributed by atoms with van der Waals surface area (Å²) in [7, 11) is 0. The number of hydrogen-bond acceptors (Lipinski definition) is 3. The average Bonchev–Trinajstić information content (AvgIpc) is 2.71. The highest BCUT2D eigenvalue weighted by Crippen LogP contribution is 2.30. The minimum absolute atomic E-state index is 0.698. The highest BCUT2D eigenvalue weighted by molar-refractivity contribution is 7.15. The first-order valence-electron chi connectivity index (χ1n) is 5.21. The van der Waals surface area contributed by atoms with Crippen LogP contribution in [-0.2, 0) is 6.42 Å². The van der Waals surface area contributed by atoms with Gasteiger partial charge in [0.25, 0.3) is 0 Å². The molecule has 2 aromatic rings. The minimum Gasteiger partial charge on any atom is -0.246 e. The summed E-state index contributed by atoms with van der Waals surface area (Å²) < 4.78 is 0. The van der Waals surface area contributed by atoms with E-state index in [0.717, 1.165) is 22.7 Å². The van der Waals surface area contributed by atoms with Crippen molar-refractivity contribution in [2.24, 2.45) is 0 Å². The molecule has 0 bridgehead atoms. The summed E-state index contributed by atoms with van der Waals surface area (Å²) in [4.78, 5) is 5.67. The molecular weight excluding hydrogens is 216 g/mol. The third-order valence-corrected chi connectivity index (χ3v) is 3.75. The summed E-state index contributed by atoms with van der Waals surface area (Å²) in [6.45, 7) is 4.12. The summed E-state index contributed by atoms with van der Waals surface area (Å²) in [6, 6.07) is 9.84. The van der Waals surface area contributed by atoms with Crippen LogP contribution >= 0.6 is 11.3 Å². The number of thiazole rings is 1. The van der Waals surface area contributed by atoms with Crippen molar-refractivity contribution < 1.29 is 0 Å². The summed E-state index contributed by atoms with van der Waals surface area (Å²) in [5, 5.41) is 10.0. The Morgan fingerprint density at radius 2 is 2.25 bits per heavy atom. The number of rotatable bonds is 2. The van der Waals surface area contributed by atoms with Gasteiger partial charge in [0.1, 0.15) is 0 Å². The lowest BCUT2D eigenvalue weighted by atomic mass is 10.1. The lowest BCUT2D eigenvalue weighted by Crippen LogP contribution is -1.80. The molecule has 0 saturated heterocycles. The van der Waals surface area contributed by atoms with Crippen LogP contribution in [0.3, 0.4) is 0 Å². The van der Waals surface area contributed by atoms with Crippen LogP contribution in [0.5, 0.6) is 0 Å². The third-order valence-electron chi connectivity index (χ3n) is 2.40. The van der Waals surface area contributed by atoms with Gasteiger partial charge in [-0.15, -0.1) is 11.3 Å². The molecule has 0 amide bonds. The van der Waals surface area contributed by atoms with Crippen molar-refractivity contribution in [2.75, 3.05) is 0 Å². The Morgan fingerprint density at radius 3 is 2.88 bits per heavy atom. The van der Waals surface area contributed by atoms with Crippen LogP contribution in [0.1, 0.15) is 23.2 Å². The fourth-order valence-corrected chi connectivity index (χ4v) is 2.60. The molecule has 0 aliphatic carbocycles. The molecule has 2 rings (SSSR count). The Labute approximate surface area is 99.2 Å².